The van der Waals surface area contributed by atoms with E-state index in [2.05, 4.69) is 41.7 Å². The molecule has 0 radical (unpaired) electrons. The van der Waals surface area contributed by atoms with E-state index in [1.165, 1.54) is 96.3 Å². The average Bonchev–Trinajstić information content (AvgIpc) is 3.11. The van der Waals surface area contributed by atoms with Crippen molar-refractivity contribution in [2.75, 3.05) is 19.6 Å². The molecule has 1 rings (SSSR count). The number of unbranched alkanes of at least 4 members (excludes halogenated alkanes) is 18. The average molecular weight is 683 g/mol. The largest absolute Gasteiger partial charge is 0.356 e. The summed E-state index contributed by atoms with van der Waals surface area (Å²) in [5, 5.41) is 11.5. The molecule has 0 aliphatic heterocycles. The molecule has 1 atom stereocenters. The SMILES string of the molecule is C=Cc1ccc(C(=O)NCCC(=O)NC(CCC(=O)NCCCCCCCCCCCC)C(=O)NCCCCCCCCCCCC)cc1. The van der Waals surface area contributed by atoms with Crippen molar-refractivity contribution in [3.63, 3.8) is 0 Å². The monoisotopic (exact) mass is 683 g/mol. The molecule has 8 heteroatoms. The van der Waals surface area contributed by atoms with Crippen LogP contribution in [0.3, 0.4) is 0 Å². The minimum Gasteiger partial charge on any atom is -0.356 e. The van der Waals surface area contributed by atoms with Crippen LogP contribution in [-0.2, 0) is 14.4 Å². The Hall–Kier alpha value is -3.16. The summed E-state index contributed by atoms with van der Waals surface area (Å²) in [5.41, 5.74) is 1.42. The highest BCUT2D eigenvalue weighted by molar-refractivity contribution is 5.94. The van der Waals surface area contributed by atoms with E-state index in [9.17, 15) is 19.2 Å². The van der Waals surface area contributed by atoms with Crippen molar-refractivity contribution in [2.45, 2.75) is 168 Å². The standard InChI is InChI=1S/C41H70N4O4/c1-4-7-9-11-13-15-17-19-21-23-32-42-38(46)30-29-37(41(49)43-33-24-22-20-18-16-14-12-10-8-5-2)45-39(47)31-34-44-40(48)36-27-25-35(6-3)26-28-36/h6,25-28,37H,3-5,7-24,29-34H2,1-2H3,(H,42,46)(H,43,49)(H,44,48)(H,45,47). The maximum Gasteiger partial charge on any atom is 0.251 e. The fourth-order valence-corrected chi connectivity index (χ4v) is 5.85. The van der Waals surface area contributed by atoms with Gasteiger partial charge in [0.05, 0.1) is 0 Å². The summed E-state index contributed by atoms with van der Waals surface area (Å²) >= 11 is 0. The summed E-state index contributed by atoms with van der Waals surface area (Å²) in [6.07, 6.45) is 26.7. The zero-order valence-corrected chi connectivity index (χ0v) is 31.2. The zero-order chi connectivity index (χ0) is 35.8. The molecule has 1 aromatic carbocycles. The Morgan fingerprint density at radius 2 is 1.04 bits per heavy atom. The van der Waals surface area contributed by atoms with E-state index >= 15 is 0 Å². The number of benzene rings is 1. The molecule has 0 saturated carbocycles. The van der Waals surface area contributed by atoms with E-state index in [0.717, 1.165) is 37.7 Å². The first-order valence-electron chi connectivity index (χ1n) is 19.8. The van der Waals surface area contributed by atoms with Crippen LogP contribution in [0.1, 0.15) is 177 Å². The van der Waals surface area contributed by atoms with Crippen molar-refractivity contribution in [3.8, 4) is 0 Å². The van der Waals surface area contributed by atoms with Crippen molar-refractivity contribution in [2.24, 2.45) is 0 Å². The molecule has 4 N–H and O–H groups in total. The maximum absolute atomic E-state index is 13.1. The number of carbonyl (C=O) groups excluding carboxylic acids is 4. The molecule has 278 valence electrons. The number of rotatable bonds is 32. The maximum atomic E-state index is 13.1. The van der Waals surface area contributed by atoms with Gasteiger partial charge in [0.2, 0.25) is 17.7 Å². The Morgan fingerprint density at radius 3 is 1.53 bits per heavy atom. The molecular weight excluding hydrogens is 612 g/mol. The lowest BCUT2D eigenvalue weighted by atomic mass is 10.1. The Kier molecular flexibility index (Phi) is 27.6. The van der Waals surface area contributed by atoms with Gasteiger partial charge in [-0.3, -0.25) is 19.2 Å². The van der Waals surface area contributed by atoms with Crippen LogP contribution in [0.15, 0.2) is 30.8 Å². The van der Waals surface area contributed by atoms with Gasteiger partial charge in [-0.05, 0) is 37.0 Å². The zero-order valence-electron chi connectivity index (χ0n) is 31.2. The highest BCUT2D eigenvalue weighted by atomic mass is 16.2. The second kappa shape index (κ2) is 30.9. The normalized spacial score (nSPS) is 11.5. The van der Waals surface area contributed by atoms with Crippen molar-refractivity contribution in [3.05, 3.63) is 42.0 Å². The van der Waals surface area contributed by atoms with Crippen LogP contribution >= 0.6 is 0 Å². The topological polar surface area (TPSA) is 116 Å². The van der Waals surface area contributed by atoms with E-state index in [4.69, 9.17) is 0 Å². The number of hydrogen-bond donors (Lipinski definition) is 4. The molecule has 0 bridgehead atoms. The van der Waals surface area contributed by atoms with Crippen LogP contribution in [0.4, 0.5) is 0 Å². The van der Waals surface area contributed by atoms with Crippen LogP contribution in [0.25, 0.3) is 6.08 Å². The highest BCUT2D eigenvalue weighted by Gasteiger charge is 2.21. The lowest BCUT2D eigenvalue weighted by Crippen LogP contribution is -2.48. The molecule has 8 nitrogen and oxygen atoms in total. The summed E-state index contributed by atoms with van der Waals surface area (Å²) in [5.74, 6) is -0.981. The van der Waals surface area contributed by atoms with Crippen molar-refractivity contribution >= 4 is 29.7 Å². The van der Waals surface area contributed by atoms with Gasteiger partial charge in [-0.25, -0.2) is 0 Å². The third-order valence-electron chi connectivity index (χ3n) is 9.04. The number of hydrogen-bond acceptors (Lipinski definition) is 4. The van der Waals surface area contributed by atoms with Crippen LogP contribution < -0.4 is 21.3 Å². The van der Waals surface area contributed by atoms with Gasteiger partial charge < -0.3 is 21.3 Å². The first kappa shape index (κ1) is 43.9. The molecule has 0 saturated heterocycles. The van der Waals surface area contributed by atoms with Gasteiger partial charge in [0.25, 0.3) is 5.91 Å². The van der Waals surface area contributed by atoms with Crippen molar-refractivity contribution in [1.29, 1.82) is 0 Å². The predicted octanol–water partition coefficient (Wildman–Crippen LogP) is 8.79. The molecule has 0 spiro atoms. The third kappa shape index (κ3) is 24.6. The van der Waals surface area contributed by atoms with E-state index in [0.29, 0.717) is 18.7 Å². The van der Waals surface area contributed by atoms with Gasteiger partial charge in [0.15, 0.2) is 0 Å². The van der Waals surface area contributed by atoms with Crippen molar-refractivity contribution < 1.29 is 19.2 Å². The molecule has 0 aliphatic carbocycles. The molecule has 1 aromatic rings. The van der Waals surface area contributed by atoms with Crippen LogP contribution in [-0.4, -0.2) is 49.3 Å². The van der Waals surface area contributed by atoms with Gasteiger partial charge in [-0.2, -0.15) is 0 Å². The minimum absolute atomic E-state index is 0.0314. The molecule has 4 amide bonds. The van der Waals surface area contributed by atoms with Gasteiger partial charge in [-0.1, -0.05) is 154 Å². The third-order valence-corrected chi connectivity index (χ3v) is 9.04. The smallest absolute Gasteiger partial charge is 0.251 e. The lowest BCUT2D eigenvalue weighted by molar-refractivity contribution is -0.129. The number of amides is 4. The number of carbonyl (C=O) groups is 4. The predicted molar refractivity (Wildman–Crippen MR) is 204 cm³/mol. The summed E-state index contributed by atoms with van der Waals surface area (Å²) in [6, 6.07) is 6.23. The second-order valence-corrected chi connectivity index (χ2v) is 13.5. The first-order valence-corrected chi connectivity index (χ1v) is 19.8. The fourth-order valence-electron chi connectivity index (χ4n) is 5.85. The summed E-state index contributed by atoms with van der Waals surface area (Å²) in [4.78, 5) is 50.9. The van der Waals surface area contributed by atoms with Crippen LogP contribution in [0.5, 0.6) is 0 Å². The Labute approximate surface area is 298 Å². The Morgan fingerprint density at radius 1 is 0.571 bits per heavy atom. The summed E-state index contributed by atoms with van der Waals surface area (Å²) in [7, 11) is 0. The van der Waals surface area contributed by atoms with Crippen LogP contribution in [0.2, 0.25) is 0 Å². The highest BCUT2D eigenvalue weighted by Crippen LogP contribution is 2.12. The van der Waals surface area contributed by atoms with Gasteiger partial charge in [0.1, 0.15) is 6.04 Å². The van der Waals surface area contributed by atoms with E-state index in [1.807, 2.05) is 0 Å². The van der Waals surface area contributed by atoms with Gasteiger partial charge in [-0.15, -0.1) is 0 Å². The summed E-state index contributed by atoms with van der Waals surface area (Å²) in [6.45, 7) is 9.51. The second-order valence-electron chi connectivity index (χ2n) is 13.5. The van der Waals surface area contributed by atoms with Crippen molar-refractivity contribution in [1.82, 2.24) is 21.3 Å². The Bertz CT molecular complexity index is 1030. The van der Waals surface area contributed by atoms with Crippen LogP contribution in [0, 0.1) is 0 Å². The molecule has 1 unspecified atom stereocenters. The molecule has 49 heavy (non-hydrogen) atoms. The van der Waals surface area contributed by atoms with Gasteiger partial charge in [0, 0.05) is 38.0 Å². The molecular formula is C41H70N4O4. The molecule has 0 fully saturated rings. The lowest BCUT2D eigenvalue weighted by Gasteiger charge is -2.19. The Balaban J connectivity index is 2.42. The molecule has 0 aromatic heterocycles. The van der Waals surface area contributed by atoms with E-state index in [-0.39, 0.29) is 49.4 Å². The molecule has 0 aliphatic rings. The fraction of sp³-hybridized carbons (Fsp3) is 0.707. The summed E-state index contributed by atoms with van der Waals surface area (Å²) < 4.78 is 0. The van der Waals surface area contributed by atoms with E-state index < -0.39 is 6.04 Å². The van der Waals surface area contributed by atoms with Gasteiger partial charge >= 0.3 is 0 Å². The minimum atomic E-state index is -0.805. The molecule has 0 heterocycles. The van der Waals surface area contributed by atoms with E-state index in [1.54, 1.807) is 30.3 Å². The first-order chi connectivity index (χ1) is 23.9. The number of nitrogens with one attached hydrogen (secondary N) is 4. The quantitative estimate of drug-likeness (QED) is 0.0569.